The molecule has 0 aliphatic heterocycles. The van der Waals surface area contributed by atoms with Crippen LogP contribution < -0.4 is 0 Å². The normalized spacial score (nSPS) is 12.9. The molecule has 1 atom stereocenters. The Morgan fingerprint density at radius 1 is 1.32 bits per heavy atom. The van der Waals surface area contributed by atoms with E-state index in [0.717, 1.165) is 5.56 Å². The van der Waals surface area contributed by atoms with Crippen LogP contribution in [-0.4, -0.2) is 38.7 Å². The minimum Gasteiger partial charge on any atom is -0.479 e. The summed E-state index contributed by atoms with van der Waals surface area (Å²) in [7, 11) is 0. The number of carboxylic acid groups (broad SMARTS) is 1. The molecule has 0 saturated heterocycles. The quantitative estimate of drug-likeness (QED) is 0.924. The van der Waals surface area contributed by atoms with Crippen molar-refractivity contribution in [2.75, 3.05) is 0 Å². The number of nitrogens with zero attached hydrogens (tertiary/aromatic N) is 2. The third kappa shape index (κ3) is 4.44. The summed E-state index contributed by atoms with van der Waals surface area (Å²) in [6.07, 6.45) is 2.41. The third-order valence-electron chi connectivity index (χ3n) is 3.05. The van der Waals surface area contributed by atoms with E-state index in [1.165, 1.54) is 11.1 Å². The molecule has 1 unspecified atom stereocenters. The van der Waals surface area contributed by atoms with E-state index in [4.69, 9.17) is 4.74 Å². The third-order valence-corrected chi connectivity index (χ3v) is 3.05. The van der Waals surface area contributed by atoms with Crippen molar-refractivity contribution in [3.8, 4) is 0 Å². The van der Waals surface area contributed by atoms with Crippen LogP contribution in [0.25, 0.3) is 0 Å². The van der Waals surface area contributed by atoms with E-state index < -0.39 is 23.7 Å². The summed E-state index contributed by atoms with van der Waals surface area (Å²) in [5, 5.41) is 9.64. The zero-order valence-corrected chi connectivity index (χ0v) is 14.0. The van der Waals surface area contributed by atoms with Gasteiger partial charge in [0.15, 0.2) is 6.04 Å². The highest BCUT2D eigenvalue weighted by Gasteiger charge is 2.36. The van der Waals surface area contributed by atoms with Crippen LogP contribution in [0.5, 0.6) is 0 Å². The molecule has 122 valence electrons. The molecule has 1 aromatic heterocycles. The van der Waals surface area contributed by atoms with Crippen LogP contribution in [0, 0.1) is 6.92 Å². The molecule has 0 saturated carbocycles. The van der Waals surface area contributed by atoms with Crippen molar-refractivity contribution in [3.63, 3.8) is 0 Å². The van der Waals surface area contributed by atoms with Gasteiger partial charge in [0.05, 0.1) is 0 Å². The number of aryl methyl sites for hydroxylation is 1. The van der Waals surface area contributed by atoms with Gasteiger partial charge in [-0.05, 0) is 53.2 Å². The van der Waals surface area contributed by atoms with E-state index in [1.807, 2.05) is 0 Å². The van der Waals surface area contributed by atoms with Gasteiger partial charge < -0.3 is 9.84 Å². The molecule has 6 nitrogen and oxygen atoms in total. The molecule has 1 amide bonds. The smallest absolute Gasteiger partial charge is 0.411 e. The summed E-state index contributed by atoms with van der Waals surface area (Å²) in [6, 6.07) is 0.248. The molecule has 0 radical (unpaired) electrons. The van der Waals surface area contributed by atoms with E-state index in [-0.39, 0.29) is 6.04 Å². The summed E-state index contributed by atoms with van der Waals surface area (Å²) >= 11 is 0. The molecule has 1 aromatic rings. The Bertz CT molecular complexity index is 549. The van der Waals surface area contributed by atoms with Crippen molar-refractivity contribution in [1.29, 1.82) is 0 Å². The zero-order valence-electron chi connectivity index (χ0n) is 14.0. The van der Waals surface area contributed by atoms with Crippen LogP contribution in [0.3, 0.4) is 0 Å². The number of rotatable bonds is 4. The Balaban J connectivity index is 3.28. The maximum Gasteiger partial charge on any atom is 0.411 e. The van der Waals surface area contributed by atoms with E-state index >= 15 is 0 Å². The lowest BCUT2D eigenvalue weighted by atomic mass is 10.0. The van der Waals surface area contributed by atoms with Crippen LogP contribution in [0.2, 0.25) is 0 Å². The standard InChI is InChI=1S/C16H24N2O4/c1-10(2)18(15(21)22-16(4,5)6)13(14(19)20)12-9-17-8-7-11(12)3/h7-10,13H,1-6H3,(H,19,20). The summed E-state index contributed by atoms with van der Waals surface area (Å²) in [6.45, 7) is 10.5. The van der Waals surface area contributed by atoms with Gasteiger partial charge in [0.2, 0.25) is 0 Å². The predicted octanol–water partition coefficient (Wildman–Crippen LogP) is 3.16. The number of amides is 1. The van der Waals surface area contributed by atoms with Crippen LogP contribution in [0.4, 0.5) is 4.79 Å². The van der Waals surface area contributed by atoms with E-state index in [1.54, 1.807) is 53.8 Å². The lowest BCUT2D eigenvalue weighted by molar-refractivity contribution is -0.144. The van der Waals surface area contributed by atoms with Crippen LogP contribution in [-0.2, 0) is 9.53 Å². The number of hydrogen-bond acceptors (Lipinski definition) is 4. The number of ether oxygens (including phenoxy) is 1. The molecular weight excluding hydrogens is 284 g/mol. The molecule has 6 heteroatoms. The van der Waals surface area contributed by atoms with Gasteiger partial charge in [-0.2, -0.15) is 0 Å². The number of carbonyl (C=O) groups excluding carboxylic acids is 1. The van der Waals surface area contributed by atoms with Gasteiger partial charge in [-0.15, -0.1) is 0 Å². The molecule has 22 heavy (non-hydrogen) atoms. The zero-order chi connectivity index (χ0) is 17.1. The maximum absolute atomic E-state index is 12.5. The first-order valence-corrected chi connectivity index (χ1v) is 7.19. The molecule has 1 heterocycles. The van der Waals surface area contributed by atoms with Crippen molar-refractivity contribution in [2.24, 2.45) is 0 Å². The lowest BCUT2D eigenvalue weighted by Gasteiger charge is -2.34. The highest BCUT2D eigenvalue weighted by Crippen LogP contribution is 2.27. The average molecular weight is 308 g/mol. The molecule has 1 rings (SSSR count). The maximum atomic E-state index is 12.5. The Hall–Kier alpha value is -2.11. The number of pyridine rings is 1. The fourth-order valence-corrected chi connectivity index (χ4v) is 2.09. The second-order valence-electron chi connectivity index (χ2n) is 6.45. The Morgan fingerprint density at radius 3 is 2.32 bits per heavy atom. The van der Waals surface area contributed by atoms with Gasteiger partial charge in [-0.3, -0.25) is 9.88 Å². The van der Waals surface area contributed by atoms with E-state index in [2.05, 4.69) is 4.98 Å². The molecule has 1 N–H and O–H groups in total. The minimum absolute atomic E-state index is 0.337. The number of hydrogen-bond donors (Lipinski definition) is 1. The van der Waals surface area contributed by atoms with Gasteiger partial charge in [0.25, 0.3) is 0 Å². The SMILES string of the molecule is Cc1ccncc1C(C(=O)O)N(C(=O)OC(C)(C)C)C(C)C. The highest BCUT2D eigenvalue weighted by atomic mass is 16.6. The van der Waals surface area contributed by atoms with Crippen molar-refractivity contribution >= 4 is 12.1 Å². The van der Waals surface area contributed by atoms with Crippen molar-refractivity contribution in [2.45, 2.75) is 59.2 Å². The van der Waals surface area contributed by atoms with E-state index in [0.29, 0.717) is 5.56 Å². The number of aromatic nitrogens is 1. The number of carbonyl (C=O) groups is 2. The van der Waals surface area contributed by atoms with Gasteiger partial charge >= 0.3 is 12.1 Å². The summed E-state index contributed by atoms with van der Waals surface area (Å²) in [5.41, 5.74) is 0.545. The first-order chi connectivity index (χ1) is 10.0. The van der Waals surface area contributed by atoms with Gasteiger partial charge in [-0.25, -0.2) is 9.59 Å². The summed E-state index contributed by atoms with van der Waals surface area (Å²) in [5.74, 6) is -1.12. The summed E-state index contributed by atoms with van der Waals surface area (Å²) < 4.78 is 5.36. The monoisotopic (exact) mass is 308 g/mol. The van der Waals surface area contributed by atoms with Crippen molar-refractivity contribution in [3.05, 3.63) is 29.6 Å². The molecule has 0 aliphatic carbocycles. The topological polar surface area (TPSA) is 79.7 Å². The Morgan fingerprint density at radius 2 is 1.91 bits per heavy atom. The molecule has 0 fully saturated rings. The fraction of sp³-hybridized carbons (Fsp3) is 0.562. The molecule has 0 aliphatic rings. The second-order valence-corrected chi connectivity index (χ2v) is 6.45. The van der Waals surface area contributed by atoms with E-state index in [9.17, 15) is 14.7 Å². The van der Waals surface area contributed by atoms with Crippen molar-refractivity contribution < 1.29 is 19.4 Å². The van der Waals surface area contributed by atoms with Gasteiger partial charge in [0.1, 0.15) is 5.60 Å². The van der Waals surface area contributed by atoms with Crippen LogP contribution in [0.15, 0.2) is 18.5 Å². The van der Waals surface area contributed by atoms with Gasteiger partial charge in [-0.1, -0.05) is 0 Å². The first kappa shape index (κ1) is 17.9. The Kier molecular flexibility index (Phi) is 5.52. The largest absolute Gasteiger partial charge is 0.479 e. The predicted molar refractivity (Wildman–Crippen MR) is 82.6 cm³/mol. The lowest BCUT2D eigenvalue weighted by Crippen LogP contribution is -2.46. The molecule has 0 bridgehead atoms. The van der Waals surface area contributed by atoms with Crippen LogP contribution in [0.1, 0.15) is 51.8 Å². The second kappa shape index (κ2) is 6.77. The van der Waals surface area contributed by atoms with Crippen LogP contribution >= 0.6 is 0 Å². The number of aliphatic carboxylic acids is 1. The van der Waals surface area contributed by atoms with Gasteiger partial charge in [0, 0.05) is 24.0 Å². The number of carboxylic acids is 1. The molecule has 0 aromatic carbocycles. The molecular formula is C16H24N2O4. The Labute approximate surface area is 131 Å². The summed E-state index contributed by atoms with van der Waals surface area (Å²) in [4.78, 5) is 29.5. The van der Waals surface area contributed by atoms with Crippen molar-refractivity contribution in [1.82, 2.24) is 9.88 Å². The molecule has 0 spiro atoms. The fourth-order valence-electron chi connectivity index (χ4n) is 2.09. The highest BCUT2D eigenvalue weighted by molar-refractivity contribution is 5.82. The minimum atomic E-state index is -1.14. The first-order valence-electron chi connectivity index (χ1n) is 7.19. The average Bonchev–Trinajstić information content (AvgIpc) is 2.33.